The van der Waals surface area contributed by atoms with E-state index in [1.54, 1.807) is 0 Å². The van der Waals surface area contributed by atoms with Crippen LogP contribution in [0.1, 0.15) is 42.8 Å². The van der Waals surface area contributed by atoms with Crippen molar-refractivity contribution in [1.29, 1.82) is 0 Å². The molecule has 0 radical (unpaired) electrons. The molecule has 0 unspecified atom stereocenters. The Labute approximate surface area is 148 Å². The predicted octanol–water partition coefficient (Wildman–Crippen LogP) is 3.68. The Morgan fingerprint density at radius 3 is 2.28 bits per heavy atom. The molecule has 0 aliphatic heterocycles. The number of fused-ring (bicyclic) bond motifs is 1. The highest BCUT2D eigenvalue weighted by Crippen LogP contribution is 2.27. The molecule has 2 heterocycles. The molecule has 2 aromatic heterocycles. The number of hydrogen-bond donors (Lipinski definition) is 0. The van der Waals surface area contributed by atoms with Gasteiger partial charge in [0.25, 0.3) is 0 Å². The van der Waals surface area contributed by atoms with Gasteiger partial charge in [-0.05, 0) is 52.2 Å². The summed E-state index contributed by atoms with van der Waals surface area (Å²) in [6, 6.07) is 4.33. The third-order valence-corrected chi connectivity index (χ3v) is 4.42. The van der Waals surface area contributed by atoms with Gasteiger partial charge in [0, 0.05) is 13.1 Å². The quantitative estimate of drug-likeness (QED) is 0.710. The molecule has 0 N–H and O–H groups in total. The van der Waals surface area contributed by atoms with Crippen molar-refractivity contribution >= 4 is 17.0 Å². The van der Waals surface area contributed by atoms with E-state index in [1.807, 2.05) is 11.6 Å². The summed E-state index contributed by atoms with van der Waals surface area (Å²) in [5.41, 5.74) is 6.17. The topological polar surface area (TPSA) is 59.7 Å². The average Bonchev–Trinajstić information content (AvgIpc) is 2.94. The highest BCUT2D eigenvalue weighted by Gasteiger charge is 2.19. The number of nitrogens with zero attached hydrogens (tertiary/aromatic N) is 6. The molecule has 0 amide bonds. The Balaban J connectivity index is 2.25. The molecule has 0 bridgehead atoms. The first-order chi connectivity index (χ1) is 12.0. The summed E-state index contributed by atoms with van der Waals surface area (Å²) in [4.78, 5) is 11.6. The number of rotatable bonds is 5. The highest BCUT2D eigenvalue weighted by atomic mass is 15.5. The van der Waals surface area contributed by atoms with E-state index in [2.05, 4.69) is 71.9 Å². The maximum Gasteiger partial charge on any atom is 0.189 e. The fourth-order valence-electron chi connectivity index (χ4n) is 3.47. The molecule has 0 spiro atoms. The van der Waals surface area contributed by atoms with Gasteiger partial charge in [-0.3, -0.25) is 0 Å². The maximum absolute atomic E-state index is 4.66. The van der Waals surface area contributed by atoms with Crippen LogP contribution in [0, 0.1) is 27.7 Å². The lowest BCUT2D eigenvalue weighted by Crippen LogP contribution is -2.25. The van der Waals surface area contributed by atoms with Crippen molar-refractivity contribution in [2.45, 2.75) is 48.0 Å². The molecular formula is C19H26N6. The first kappa shape index (κ1) is 17.3. The molecule has 6 nitrogen and oxygen atoms in total. The Morgan fingerprint density at radius 2 is 1.68 bits per heavy atom. The van der Waals surface area contributed by atoms with E-state index in [4.69, 9.17) is 0 Å². The molecule has 0 saturated heterocycles. The number of benzene rings is 1. The van der Waals surface area contributed by atoms with Crippen molar-refractivity contribution in [3.63, 3.8) is 0 Å². The number of aromatic nitrogens is 5. The molecule has 3 aromatic rings. The summed E-state index contributed by atoms with van der Waals surface area (Å²) in [6.45, 7) is 14.4. The lowest BCUT2D eigenvalue weighted by Gasteiger charge is -2.21. The molecule has 132 valence electrons. The maximum atomic E-state index is 4.66. The normalized spacial score (nSPS) is 11.3. The van der Waals surface area contributed by atoms with Crippen molar-refractivity contribution in [3.05, 3.63) is 34.6 Å². The minimum Gasteiger partial charge on any atom is -0.355 e. The van der Waals surface area contributed by atoms with Crippen LogP contribution in [0.2, 0.25) is 0 Å². The predicted molar refractivity (Wildman–Crippen MR) is 102 cm³/mol. The summed E-state index contributed by atoms with van der Waals surface area (Å²) < 4.78 is 1.86. The first-order valence-electron chi connectivity index (χ1n) is 8.89. The van der Waals surface area contributed by atoms with Crippen LogP contribution in [0.15, 0.2) is 12.1 Å². The van der Waals surface area contributed by atoms with E-state index in [-0.39, 0.29) is 0 Å². The summed E-state index contributed by atoms with van der Waals surface area (Å²) in [6.07, 6.45) is 1.06. The van der Waals surface area contributed by atoms with Crippen molar-refractivity contribution in [2.24, 2.45) is 0 Å². The smallest absolute Gasteiger partial charge is 0.189 e. The standard InChI is InChI=1S/C19H26N6/c1-7-9-24(8-2)18-16-19(21-15(6)20-18)25(23-22-16)17-13(4)10-12(3)11-14(17)5/h10-11H,7-9H2,1-6H3. The van der Waals surface area contributed by atoms with Gasteiger partial charge >= 0.3 is 0 Å². The largest absolute Gasteiger partial charge is 0.355 e. The third-order valence-electron chi connectivity index (χ3n) is 4.42. The highest BCUT2D eigenvalue weighted by molar-refractivity contribution is 5.84. The second-order valence-electron chi connectivity index (χ2n) is 6.59. The van der Waals surface area contributed by atoms with Gasteiger partial charge in [0.1, 0.15) is 5.82 Å². The van der Waals surface area contributed by atoms with Crippen LogP contribution in [0.4, 0.5) is 5.82 Å². The number of aryl methyl sites for hydroxylation is 4. The average molecular weight is 338 g/mol. The minimum absolute atomic E-state index is 0.739. The molecular weight excluding hydrogens is 312 g/mol. The number of hydrogen-bond acceptors (Lipinski definition) is 5. The van der Waals surface area contributed by atoms with Crippen molar-refractivity contribution < 1.29 is 0 Å². The Bertz CT molecular complexity index is 889. The molecule has 1 aromatic carbocycles. The monoisotopic (exact) mass is 338 g/mol. The molecule has 0 aliphatic rings. The molecule has 0 saturated carbocycles. The van der Waals surface area contributed by atoms with Crippen LogP contribution in [-0.2, 0) is 0 Å². The van der Waals surface area contributed by atoms with Crippen molar-refractivity contribution in [1.82, 2.24) is 25.0 Å². The molecule has 0 aliphatic carbocycles. The summed E-state index contributed by atoms with van der Waals surface area (Å²) in [7, 11) is 0. The van der Waals surface area contributed by atoms with Crippen LogP contribution in [0.3, 0.4) is 0 Å². The van der Waals surface area contributed by atoms with E-state index in [1.165, 1.54) is 16.7 Å². The Hall–Kier alpha value is -2.50. The van der Waals surface area contributed by atoms with Gasteiger partial charge in [-0.2, -0.15) is 4.68 Å². The van der Waals surface area contributed by atoms with Gasteiger partial charge in [-0.25, -0.2) is 9.97 Å². The second kappa shape index (κ2) is 6.78. The van der Waals surface area contributed by atoms with E-state index in [0.29, 0.717) is 0 Å². The zero-order valence-electron chi connectivity index (χ0n) is 16.0. The van der Waals surface area contributed by atoms with Gasteiger partial charge in [-0.1, -0.05) is 29.8 Å². The van der Waals surface area contributed by atoms with Gasteiger partial charge in [0.05, 0.1) is 5.69 Å². The van der Waals surface area contributed by atoms with E-state index < -0.39 is 0 Å². The zero-order valence-corrected chi connectivity index (χ0v) is 16.0. The van der Waals surface area contributed by atoms with E-state index in [9.17, 15) is 0 Å². The molecule has 6 heteroatoms. The third kappa shape index (κ3) is 3.08. The summed E-state index contributed by atoms with van der Waals surface area (Å²) in [5.74, 6) is 1.61. The van der Waals surface area contributed by atoms with E-state index in [0.717, 1.165) is 48.0 Å². The molecule has 0 atom stereocenters. The van der Waals surface area contributed by atoms with Crippen LogP contribution in [-0.4, -0.2) is 38.1 Å². The first-order valence-corrected chi connectivity index (χ1v) is 8.89. The van der Waals surface area contributed by atoms with Crippen molar-refractivity contribution in [2.75, 3.05) is 18.0 Å². The van der Waals surface area contributed by atoms with Crippen molar-refractivity contribution in [3.8, 4) is 5.69 Å². The second-order valence-corrected chi connectivity index (χ2v) is 6.59. The SMILES string of the molecule is CCCN(CC)c1nc(C)nc2c1nnn2-c1c(C)cc(C)cc1C. The van der Waals surface area contributed by atoms with Crippen LogP contribution < -0.4 is 4.90 Å². The van der Waals surface area contributed by atoms with Crippen LogP contribution in [0.5, 0.6) is 0 Å². The van der Waals surface area contributed by atoms with E-state index >= 15 is 0 Å². The Morgan fingerprint density at radius 1 is 1.00 bits per heavy atom. The fourth-order valence-corrected chi connectivity index (χ4v) is 3.47. The van der Waals surface area contributed by atoms with Crippen LogP contribution in [0.25, 0.3) is 16.9 Å². The Kier molecular flexibility index (Phi) is 4.70. The fraction of sp³-hybridized carbons (Fsp3) is 0.474. The molecule has 25 heavy (non-hydrogen) atoms. The summed E-state index contributed by atoms with van der Waals surface area (Å²) >= 11 is 0. The summed E-state index contributed by atoms with van der Waals surface area (Å²) in [5, 5.41) is 8.87. The minimum atomic E-state index is 0.739. The molecule has 0 fully saturated rings. The van der Waals surface area contributed by atoms with Gasteiger partial charge in [0.15, 0.2) is 17.0 Å². The zero-order chi connectivity index (χ0) is 18.1. The lowest BCUT2D eigenvalue weighted by molar-refractivity contribution is 0.776. The van der Waals surface area contributed by atoms with Crippen LogP contribution >= 0.6 is 0 Å². The molecule has 3 rings (SSSR count). The van der Waals surface area contributed by atoms with Gasteiger partial charge in [0.2, 0.25) is 0 Å². The number of anilines is 1. The van der Waals surface area contributed by atoms with Gasteiger partial charge < -0.3 is 4.90 Å². The van der Waals surface area contributed by atoms with Gasteiger partial charge in [-0.15, -0.1) is 5.10 Å². The lowest BCUT2D eigenvalue weighted by atomic mass is 10.1.